The molecule has 3 fully saturated rings. The molecule has 2 amide bonds. The minimum Gasteiger partial charge on any atom is -0.369 e. The monoisotopic (exact) mass is 394 g/mol. The summed E-state index contributed by atoms with van der Waals surface area (Å²) in [6.45, 7) is 14.9. The molecule has 0 aromatic carbocycles. The zero-order chi connectivity index (χ0) is 20.7. The highest BCUT2D eigenvalue weighted by Gasteiger charge is 2.40. The lowest BCUT2D eigenvalue weighted by molar-refractivity contribution is -0.165. The first kappa shape index (κ1) is 21.6. The lowest BCUT2D eigenvalue weighted by atomic mass is 9.80. The second-order valence-corrected chi connectivity index (χ2v) is 10.4. The van der Waals surface area contributed by atoms with E-state index in [1.807, 2.05) is 51.3 Å². The Bertz CT molecular complexity index is 543. The van der Waals surface area contributed by atoms with Gasteiger partial charge in [-0.15, -0.1) is 0 Å². The van der Waals surface area contributed by atoms with Gasteiger partial charge in [0.2, 0.25) is 11.8 Å². The Hall–Kier alpha value is -1.14. The smallest absolute Gasteiger partial charge is 0.225 e. The highest BCUT2D eigenvalue weighted by atomic mass is 16.5. The van der Waals surface area contributed by atoms with Crippen LogP contribution in [0.15, 0.2) is 0 Å². The summed E-state index contributed by atoms with van der Waals surface area (Å²) in [5, 5.41) is 0. The molecule has 2 aliphatic heterocycles. The number of amides is 2. The highest BCUT2D eigenvalue weighted by Crippen LogP contribution is 2.34. The normalized spacial score (nSPS) is 35.5. The molecular weight excluding hydrogens is 356 g/mol. The van der Waals surface area contributed by atoms with Crippen molar-refractivity contribution < 1.29 is 19.1 Å². The quantitative estimate of drug-likeness (QED) is 0.723. The van der Waals surface area contributed by atoms with Gasteiger partial charge in [-0.2, -0.15) is 0 Å². The molecule has 0 unspecified atom stereocenters. The SMILES string of the molecule is C[C@@H]1CN(C(=O)C2CCC(C(=O)N3C[C@H](C)OC(C)(C)C3)CC2)CC(C)(C)O1. The van der Waals surface area contributed by atoms with Crippen LogP contribution in [0.25, 0.3) is 0 Å². The number of carbonyl (C=O) groups is 2. The van der Waals surface area contributed by atoms with E-state index in [0.717, 1.165) is 25.7 Å². The van der Waals surface area contributed by atoms with Crippen LogP contribution in [-0.4, -0.2) is 71.2 Å². The molecule has 2 saturated heterocycles. The minimum atomic E-state index is -0.291. The Morgan fingerprint density at radius 1 is 0.714 bits per heavy atom. The number of morpholine rings is 2. The van der Waals surface area contributed by atoms with Gasteiger partial charge in [-0.1, -0.05) is 0 Å². The van der Waals surface area contributed by atoms with Crippen molar-refractivity contribution in [3.63, 3.8) is 0 Å². The van der Waals surface area contributed by atoms with Crippen LogP contribution in [0.2, 0.25) is 0 Å². The van der Waals surface area contributed by atoms with E-state index in [0.29, 0.717) is 26.2 Å². The van der Waals surface area contributed by atoms with Gasteiger partial charge in [0.05, 0.1) is 23.4 Å². The summed E-state index contributed by atoms with van der Waals surface area (Å²) in [4.78, 5) is 30.1. The van der Waals surface area contributed by atoms with Gasteiger partial charge < -0.3 is 19.3 Å². The van der Waals surface area contributed by atoms with E-state index < -0.39 is 0 Å². The Balaban J connectivity index is 1.54. The average molecular weight is 395 g/mol. The molecular formula is C22H38N2O4. The standard InChI is InChI=1S/C22H38N2O4/c1-15-11-23(13-21(3,4)27-15)19(25)17-7-9-18(10-8-17)20(26)24-12-16(2)28-22(5,6)14-24/h15-18H,7-14H2,1-6H3/t15-,16+,17?,18?. The lowest BCUT2D eigenvalue weighted by Crippen LogP contribution is -2.56. The molecule has 0 aromatic heterocycles. The van der Waals surface area contributed by atoms with Crippen molar-refractivity contribution in [1.82, 2.24) is 9.80 Å². The molecule has 28 heavy (non-hydrogen) atoms. The van der Waals surface area contributed by atoms with Crippen molar-refractivity contribution >= 4 is 11.8 Å². The number of rotatable bonds is 2. The van der Waals surface area contributed by atoms with Crippen LogP contribution in [0.4, 0.5) is 0 Å². The Morgan fingerprint density at radius 3 is 1.32 bits per heavy atom. The number of hydrogen-bond acceptors (Lipinski definition) is 4. The summed E-state index contributed by atoms with van der Waals surface area (Å²) in [6.07, 6.45) is 3.37. The molecule has 0 aromatic rings. The zero-order valence-electron chi connectivity index (χ0n) is 18.5. The predicted molar refractivity (Wildman–Crippen MR) is 108 cm³/mol. The number of nitrogens with zero attached hydrogens (tertiary/aromatic N) is 2. The molecule has 6 nitrogen and oxygen atoms in total. The van der Waals surface area contributed by atoms with Gasteiger partial charge in [-0.3, -0.25) is 9.59 Å². The zero-order valence-corrected chi connectivity index (χ0v) is 18.5. The van der Waals surface area contributed by atoms with Crippen molar-refractivity contribution in [3.05, 3.63) is 0 Å². The number of ether oxygens (including phenoxy) is 2. The van der Waals surface area contributed by atoms with E-state index >= 15 is 0 Å². The summed E-state index contributed by atoms with van der Waals surface area (Å²) >= 11 is 0. The van der Waals surface area contributed by atoms with Gasteiger partial charge in [0.1, 0.15) is 0 Å². The fourth-order valence-electron chi connectivity index (χ4n) is 5.35. The Labute approximate surface area is 169 Å². The summed E-state index contributed by atoms with van der Waals surface area (Å²) in [5.74, 6) is 0.584. The lowest BCUT2D eigenvalue weighted by Gasteiger charge is -2.44. The van der Waals surface area contributed by atoms with Crippen LogP contribution < -0.4 is 0 Å². The third-order valence-electron chi connectivity index (χ3n) is 6.19. The molecule has 0 N–H and O–H groups in total. The van der Waals surface area contributed by atoms with Gasteiger partial charge in [0.15, 0.2) is 0 Å². The van der Waals surface area contributed by atoms with Crippen LogP contribution >= 0.6 is 0 Å². The van der Waals surface area contributed by atoms with Gasteiger partial charge >= 0.3 is 0 Å². The van der Waals surface area contributed by atoms with Gasteiger partial charge in [-0.25, -0.2) is 0 Å². The van der Waals surface area contributed by atoms with Crippen molar-refractivity contribution in [2.45, 2.75) is 90.6 Å². The van der Waals surface area contributed by atoms with Crippen LogP contribution in [-0.2, 0) is 19.1 Å². The van der Waals surface area contributed by atoms with Crippen molar-refractivity contribution in [2.24, 2.45) is 11.8 Å². The Kier molecular flexibility index (Phi) is 6.12. The average Bonchev–Trinajstić information content (AvgIpc) is 2.57. The molecule has 0 spiro atoms. The fraction of sp³-hybridized carbons (Fsp3) is 0.909. The highest BCUT2D eigenvalue weighted by molar-refractivity contribution is 5.81. The van der Waals surface area contributed by atoms with Crippen LogP contribution in [0, 0.1) is 11.8 Å². The van der Waals surface area contributed by atoms with E-state index in [1.165, 1.54) is 0 Å². The molecule has 6 heteroatoms. The van der Waals surface area contributed by atoms with Crippen LogP contribution in [0.1, 0.15) is 67.2 Å². The van der Waals surface area contributed by atoms with Crippen molar-refractivity contribution in [3.8, 4) is 0 Å². The summed E-state index contributed by atoms with van der Waals surface area (Å²) in [7, 11) is 0. The van der Waals surface area contributed by atoms with E-state index in [2.05, 4.69) is 0 Å². The molecule has 1 aliphatic carbocycles. The second-order valence-electron chi connectivity index (χ2n) is 10.4. The molecule has 160 valence electrons. The molecule has 1 saturated carbocycles. The molecule has 3 aliphatic rings. The van der Waals surface area contributed by atoms with E-state index in [9.17, 15) is 9.59 Å². The topological polar surface area (TPSA) is 59.1 Å². The predicted octanol–water partition coefficient (Wildman–Crippen LogP) is 2.84. The fourth-order valence-corrected chi connectivity index (χ4v) is 5.35. The second kappa shape index (κ2) is 7.94. The minimum absolute atomic E-state index is 0.0465. The Morgan fingerprint density at radius 2 is 1.04 bits per heavy atom. The van der Waals surface area contributed by atoms with Gasteiger partial charge in [0, 0.05) is 38.0 Å². The van der Waals surface area contributed by atoms with Crippen LogP contribution in [0.5, 0.6) is 0 Å². The van der Waals surface area contributed by atoms with Crippen molar-refractivity contribution in [2.75, 3.05) is 26.2 Å². The third-order valence-corrected chi connectivity index (χ3v) is 6.19. The first-order chi connectivity index (χ1) is 13.0. The summed E-state index contributed by atoms with van der Waals surface area (Å²) in [6, 6.07) is 0. The largest absolute Gasteiger partial charge is 0.369 e. The summed E-state index contributed by atoms with van der Waals surface area (Å²) in [5.41, 5.74) is -0.583. The maximum atomic E-state index is 13.1. The van der Waals surface area contributed by atoms with Crippen molar-refractivity contribution in [1.29, 1.82) is 0 Å². The van der Waals surface area contributed by atoms with Crippen LogP contribution in [0.3, 0.4) is 0 Å². The van der Waals surface area contributed by atoms with E-state index in [1.54, 1.807) is 0 Å². The number of carbonyl (C=O) groups excluding carboxylic acids is 2. The molecule has 0 radical (unpaired) electrons. The molecule has 2 atom stereocenters. The third kappa shape index (κ3) is 5.07. The summed E-state index contributed by atoms with van der Waals surface area (Å²) < 4.78 is 11.9. The first-order valence-electron chi connectivity index (χ1n) is 10.9. The molecule has 3 rings (SSSR count). The van der Waals surface area contributed by atoms with E-state index in [4.69, 9.17) is 9.47 Å². The molecule has 2 heterocycles. The van der Waals surface area contributed by atoms with E-state index in [-0.39, 0.29) is 47.1 Å². The maximum Gasteiger partial charge on any atom is 0.225 e. The van der Waals surface area contributed by atoms with Gasteiger partial charge in [0.25, 0.3) is 0 Å². The molecule has 0 bridgehead atoms. The maximum absolute atomic E-state index is 13.1. The van der Waals surface area contributed by atoms with Gasteiger partial charge in [-0.05, 0) is 67.2 Å². The first-order valence-corrected chi connectivity index (χ1v) is 10.9. The number of hydrogen-bond donors (Lipinski definition) is 0.